The molecule has 1 amide bonds. The molecule has 0 atom stereocenters. The van der Waals surface area contributed by atoms with Crippen molar-refractivity contribution in [3.63, 3.8) is 0 Å². The molecule has 0 saturated carbocycles. The zero-order chi connectivity index (χ0) is 17.4. The van der Waals surface area contributed by atoms with E-state index in [-0.39, 0.29) is 11.5 Å². The van der Waals surface area contributed by atoms with Crippen molar-refractivity contribution in [2.45, 2.75) is 27.3 Å². The van der Waals surface area contributed by atoms with E-state index < -0.39 is 0 Å². The molecule has 0 unspecified atom stereocenters. The minimum atomic E-state index is -0.214. The van der Waals surface area contributed by atoms with Crippen LogP contribution in [0.2, 0.25) is 0 Å². The monoisotopic (exact) mass is 323 g/mol. The summed E-state index contributed by atoms with van der Waals surface area (Å²) in [5, 5.41) is 3.54. The lowest BCUT2D eigenvalue weighted by atomic mass is 10.1. The van der Waals surface area contributed by atoms with E-state index in [0.29, 0.717) is 17.6 Å². The van der Waals surface area contributed by atoms with E-state index in [4.69, 9.17) is 0 Å². The summed E-state index contributed by atoms with van der Waals surface area (Å²) in [6.07, 6.45) is 1.76. The summed E-state index contributed by atoms with van der Waals surface area (Å²) in [4.78, 5) is 25.2. The normalized spacial score (nSPS) is 11.0. The molecule has 3 rings (SSSR count). The number of aromatic nitrogens is 2. The molecule has 124 valence electrons. The maximum Gasteiger partial charge on any atom is 0.272 e. The van der Waals surface area contributed by atoms with Gasteiger partial charge in [-0.15, -0.1) is 0 Å². The number of nitrogens with zero attached hydrogens (tertiary/aromatic N) is 2. The number of anilines is 1. The summed E-state index contributed by atoms with van der Waals surface area (Å²) in [6.45, 7) is 6.45. The summed E-state index contributed by atoms with van der Waals surface area (Å²) in [5.41, 5.74) is 4.00. The Morgan fingerprint density at radius 1 is 1.17 bits per heavy atom. The van der Waals surface area contributed by atoms with Crippen molar-refractivity contribution in [2.24, 2.45) is 7.05 Å². The molecule has 1 aromatic carbocycles. The Kier molecular flexibility index (Phi) is 4.01. The fraction of sp³-hybridized carbons (Fsp3) is 0.263. The van der Waals surface area contributed by atoms with Gasteiger partial charge in [0, 0.05) is 25.5 Å². The van der Waals surface area contributed by atoms with E-state index in [0.717, 1.165) is 22.3 Å². The number of benzene rings is 1. The van der Waals surface area contributed by atoms with Gasteiger partial charge >= 0.3 is 0 Å². The zero-order valence-corrected chi connectivity index (χ0v) is 14.4. The lowest BCUT2D eigenvalue weighted by molar-refractivity contribution is 0.101. The van der Waals surface area contributed by atoms with Crippen LogP contribution >= 0.6 is 0 Å². The van der Waals surface area contributed by atoms with Gasteiger partial charge in [0.25, 0.3) is 11.5 Å². The predicted molar refractivity (Wildman–Crippen MR) is 96.7 cm³/mol. The Morgan fingerprint density at radius 2 is 1.83 bits per heavy atom. The maximum atomic E-state index is 12.7. The number of pyridine rings is 1. The second kappa shape index (κ2) is 6.00. The van der Waals surface area contributed by atoms with Crippen LogP contribution in [0.4, 0.5) is 5.69 Å². The average Bonchev–Trinajstić information content (AvgIpc) is 2.89. The standard InChI is InChI=1S/C19H21N3O2/c1-5-22-10-9-15-14(19(22)24)11-16(21(15)4)18(23)20-17-12(2)7-6-8-13(17)3/h6-11H,5H2,1-4H3,(H,20,23). The Morgan fingerprint density at radius 3 is 2.46 bits per heavy atom. The number of hydrogen-bond acceptors (Lipinski definition) is 2. The molecule has 0 fully saturated rings. The van der Waals surface area contributed by atoms with Crippen LogP contribution < -0.4 is 10.9 Å². The number of carbonyl (C=O) groups excluding carboxylic acids is 1. The summed E-state index contributed by atoms with van der Waals surface area (Å²) < 4.78 is 3.40. The van der Waals surface area contributed by atoms with Crippen molar-refractivity contribution in [2.75, 3.05) is 5.32 Å². The number of hydrogen-bond donors (Lipinski definition) is 1. The van der Waals surface area contributed by atoms with Gasteiger partial charge in [0.2, 0.25) is 0 Å². The molecule has 5 heteroatoms. The second-order valence-corrected chi connectivity index (χ2v) is 6.02. The largest absolute Gasteiger partial charge is 0.339 e. The van der Waals surface area contributed by atoms with Crippen molar-refractivity contribution in [1.82, 2.24) is 9.13 Å². The molecule has 0 bridgehead atoms. The van der Waals surface area contributed by atoms with Crippen LogP contribution in [0, 0.1) is 13.8 Å². The number of rotatable bonds is 3. The first-order valence-electron chi connectivity index (χ1n) is 8.00. The number of carbonyl (C=O) groups is 1. The van der Waals surface area contributed by atoms with Gasteiger partial charge in [-0.3, -0.25) is 9.59 Å². The lowest BCUT2D eigenvalue weighted by Gasteiger charge is -2.12. The third kappa shape index (κ3) is 2.52. The number of para-hydroxylation sites is 1. The molecule has 0 aliphatic rings. The molecule has 24 heavy (non-hydrogen) atoms. The molecule has 0 aliphatic carbocycles. The van der Waals surface area contributed by atoms with Crippen molar-refractivity contribution in [3.8, 4) is 0 Å². The summed E-state index contributed by atoms with van der Waals surface area (Å²) in [6, 6.07) is 9.43. The fourth-order valence-electron chi connectivity index (χ4n) is 3.03. The summed E-state index contributed by atoms with van der Waals surface area (Å²) in [7, 11) is 1.80. The Hall–Kier alpha value is -2.82. The highest BCUT2D eigenvalue weighted by Crippen LogP contribution is 2.22. The molecule has 5 nitrogen and oxygen atoms in total. The topological polar surface area (TPSA) is 56.0 Å². The number of aryl methyl sites for hydroxylation is 4. The smallest absolute Gasteiger partial charge is 0.272 e. The minimum Gasteiger partial charge on any atom is -0.339 e. The van der Waals surface area contributed by atoms with Crippen LogP contribution in [-0.2, 0) is 13.6 Å². The molecule has 0 saturated heterocycles. The third-order valence-corrected chi connectivity index (χ3v) is 4.48. The number of nitrogens with one attached hydrogen (secondary N) is 1. The highest BCUT2D eigenvalue weighted by molar-refractivity contribution is 6.06. The summed E-state index contributed by atoms with van der Waals surface area (Å²) in [5.74, 6) is -0.214. The van der Waals surface area contributed by atoms with Gasteiger partial charge in [0.05, 0.1) is 10.9 Å². The average molecular weight is 323 g/mol. The molecule has 0 aliphatic heterocycles. The van der Waals surface area contributed by atoms with Gasteiger partial charge in [-0.05, 0) is 44.0 Å². The van der Waals surface area contributed by atoms with Crippen LogP contribution in [0.5, 0.6) is 0 Å². The summed E-state index contributed by atoms with van der Waals surface area (Å²) >= 11 is 0. The number of fused-ring (bicyclic) bond motifs is 1. The highest BCUT2D eigenvalue weighted by Gasteiger charge is 2.17. The van der Waals surface area contributed by atoms with Gasteiger partial charge in [0.1, 0.15) is 5.69 Å². The quantitative estimate of drug-likeness (QED) is 0.804. The van der Waals surface area contributed by atoms with Gasteiger partial charge in [-0.25, -0.2) is 0 Å². The molecule has 2 aromatic heterocycles. The predicted octanol–water partition coefficient (Wildman–Crippen LogP) is 3.23. The van der Waals surface area contributed by atoms with Crippen LogP contribution in [0.15, 0.2) is 41.3 Å². The van der Waals surface area contributed by atoms with Crippen molar-refractivity contribution < 1.29 is 4.79 Å². The lowest BCUT2D eigenvalue weighted by Crippen LogP contribution is -2.17. The first kappa shape index (κ1) is 16.1. The molecule has 0 radical (unpaired) electrons. The van der Waals surface area contributed by atoms with Crippen LogP contribution in [0.25, 0.3) is 10.9 Å². The van der Waals surface area contributed by atoms with Crippen LogP contribution in [0.3, 0.4) is 0 Å². The molecular formula is C19H21N3O2. The van der Waals surface area contributed by atoms with E-state index >= 15 is 0 Å². The van der Waals surface area contributed by atoms with E-state index in [1.54, 1.807) is 28.4 Å². The van der Waals surface area contributed by atoms with Gasteiger partial charge in [-0.2, -0.15) is 0 Å². The van der Waals surface area contributed by atoms with Crippen molar-refractivity contribution >= 4 is 22.5 Å². The van der Waals surface area contributed by atoms with Gasteiger partial charge < -0.3 is 14.5 Å². The molecule has 0 spiro atoms. The van der Waals surface area contributed by atoms with Crippen LogP contribution in [0.1, 0.15) is 28.5 Å². The second-order valence-electron chi connectivity index (χ2n) is 6.02. The van der Waals surface area contributed by atoms with Gasteiger partial charge in [0.15, 0.2) is 0 Å². The van der Waals surface area contributed by atoms with E-state index in [2.05, 4.69) is 5.32 Å². The van der Waals surface area contributed by atoms with Crippen molar-refractivity contribution in [3.05, 3.63) is 63.7 Å². The highest BCUT2D eigenvalue weighted by atomic mass is 16.2. The molecular weight excluding hydrogens is 302 g/mol. The zero-order valence-electron chi connectivity index (χ0n) is 14.4. The van der Waals surface area contributed by atoms with E-state index in [1.807, 2.05) is 45.0 Å². The van der Waals surface area contributed by atoms with E-state index in [1.165, 1.54) is 0 Å². The minimum absolute atomic E-state index is 0.0725. The van der Waals surface area contributed by atoms with E-state index in [9.17, 15) is 9.59 Å². The molecule has 3 aromatic rings. The fourth-order valence-corrected chi connectivity index (χ4v) is 3.03. The Balaban J connectivity index is 2.06. The molecule has 1 N–H and O–H groups in total. The Bertz CT molecular complexity index is 975. The SMILES string of the molecule is CCn1ccc2c(cc(C(=O)Nc3c(C)cccc3C)n2C)c1=O. The first-order valence-corrected chi connectivity index (χ1v) is 8.00. The van der Waals surface area contributed by atoms with Crippen molar-refractivity contribution in [1.29, 1.82) is 0 Å². The maximum absolute atomic E-state index is 12.7. The Labute approximate surface area is 140 Å². The first-order chi connectivity index (χ1) is 11.4. The molecule has 2 heterocycles. The third-order valence-electron chi connectivity index (χ3n) is 4.48. The van der Waals surface area contributed by atoms with Gasteiger partial charge in [-0.1, -0.05) is 18.2 Å². The number of amides is 1. The van der Waals surface area contributed by atoms with Crippen LogP contribution in [-0.4, -0.2) is 15.0 Å².